The topological polar surface area (TPSA) is 0 Å². The summed E-state index contributed by atoms with van der Waals surface area (Å²) in [5, 5.41) is 0. The first-order valence-corrected chi connectivity index (χ1v) is 9.58. The van der Waals surface area contributed by atoms with Crippen LogP contribution in [0, 0.1) is 34.0 Å². The highest BCUT2D eigenvalue weighted by Gasteiger charge is 2.57. The predicted molar refractivity (Wildman–Crippen MR) is 90.1 cm³/mol. The zero-order chi connectivity index (χ0) is 14.9. The first kappa shape index (κ1) is 14.3. The SMILES string of the molecule is CC1(C)CCC[C@@]2(C)C1=CC[C@@H]1[C@H]2CC[C@]2(C)CCC[C@@H]12. The molecule has 0 heteroatoms. The van der Waals surface area contributed by atoms with E-state index in [1.807, 2.05) is 5.57 Å². The average molecular weight is 287 g/mol. The summed E-state index contributed by atoms with van der Waals surface area (Å²) in [5.74, 6) is 3.04. The van der Waals surface area contributed by atoms with E-state index in [1.54, 1.807) is 0 Å². The van der Waals surface area contributed by atoms with Crippen molar-refractivity contribution in [3.63, 3.8) is 0 Å². The van der Waals surface area contributed by atoms with Crippen LogP contribution in [0.25, 0.3) is 0 Å². The van der Waals surface area contributed by atoms with Crippen LogP contribution < -0.4 is 0 Å². The van der Waals surface area contributed by atoms with Gasteiger partial charge in [0.15, 0.2) is 0 Å². The molecule has 0 aliphatic heterocycles. The Labute approximate surface area is 131 Å². The van der Waals surface area contributed by atoms with Gasteiger partial charge >= 0.3 is 0 Å². The Balaban J connectivity index is 1.73. The van der Waals surface area contributed by atoms with Gasteiger partial charge in [0.1, 0.15) is 0 Å². The van der Waals surface area contributed by atoms with Crippen molar-refractivity contribution in [2.45, 2.75) is 85.5 Å². The summed E-state index contributed by atoms with van der Waals surface area (Å²) in [6.45, 7) is 10.3. The number of hydrogen-bond donors (Lipinski definition) is 0. The maximum Gasteiger partial charge on any atom is -0.00799 e. The first-order chi connectivity index (χ1) is 9.87. The molecule has 0 saturated heterocycles. The molecule has 0 spiro atoms. The van der Waals surface area contributed by atoms with Gasteiger partial charge in [-0.3, -0.25) is 0 Å². The second-order valence-electron chi connectivity index (χ2n) is 9.97. The van der Waals surface area contributed by atoms with Gasteiger partial charge in [-0.05, 0) is 78.9 Å². The van der Waals surface area contributed by atoms with Crippen LogP contribution in [-0.4, -0.2) is 0 Å². The molecule has 0 aromatic heterocycles. The van der Waals surface area contributed by atoms with Crippen molar-refractivity contribution in [2.75, 3.05) is 0 Å². The van der Waals surface area contributed by atoms with Gasteiger partial charge in [-0.1, -0.05) is 52.2 Å². The van der Waals surface area contributed by atoms with E-state index in [0.29, 0.717) is 16.2 Å². The van der Waals surface area contributed by atoms with Crippen molar-refractivity contribution >= 4 is 0 Å². The van der Waals surface area contributed by atoms with Gasteiger partial charge in [0.25, 0.3) is 0 Å². The summed E-state index contributed by atoms with van der Waals surface area (Å²) in [4.78, 5) is 0. The molecule has 3 fully saturated rings. The molecule has 0 unspecified atom stereocenters. The molecular weight excluding hydrogens is 252 g/mol. The third-order valence-electron chi connectivity index (χ3n) is 8.47. The Morgan fingerprint density at radius 1 is 0.857 bits per heavy atom. The van der Waals surface area contributed by atoms with Crippen molar-refractivity contribution in [1.29, 1.82) is 0 Å². The molecule has 0 aromatic rings. The summed E-state index contributed by atoms with van der Waals surface area (Å²) in [7, 11) is 0. The van der Waals surface area contributed by atoms with E-state index in [4.69, 9.17) is 0 Å². The highest BCUT2D eigenvalue weighted by molar-refractivity contribution is 5.29. The molecule has 3 saturated carbocycles. The molecular formula is C21H34. The third kappa shape index (κ3) is 1.86. The minimum absolute atomic E-state index is 0.467. The minimum atomic E-state index is 0.467. The fourth-order valence-corrected chi connectivity index (χ4v) is 7.49. The van der Waals surface area contributed by atoms with Crippen LogP contribution in [0.3, 0.4) is 0 Å². The predicted octanol–water partition coefficient (Wildman–Crippen LogP) is 6.37. The van der Waals surface area contributed by atoms with Gasteiger partial charge in [0.05, 0.1) is 0 Å². The van der Waals surface area contributed by atoms with E-state index in [2.05, 4.69) is 33.8 Å². The van der Waals surface area contributed by atoms with Gasteiger partial charge in [-0.15, -0.1) is 0 Å². The second-order valence-corrected chi connectivity index (χ2v) is 9.97. The summed E-state index contributed by atoms with van der Waals surface area (Å²) in [6, 6.07) is 0. The molecule has 0 amide bonds. The molecule has 0 bridgehead atoms. The number of hydrogen-bond acceptors (Lipinski definition) is 0. The molecule has 0 radical (unpaired) electrons. The Bertz CT molecular complexity index is 470. The van der Waals surface area contributed by atoms with Gasteiger partial charge in [-0.25, -0.2) is 0 Å². The molecule has 0 N–H and O–H groups in total. The van der Waals surface area contributed by atoms with Crippen molar-refractivity contribution < 1.29 is 0 Å². The van der Waals surface area contributed by atoms with Crippen LogP contribution in [-0.2, 0) is 0 Å². The molecule has 4 rings (SSSR count). The van der Waals surface area contributed by atoms with Gasteiger partial charge in [-0.2, -0.15) is 0 Å². The molecule has 4 aliphatic carbocycles. The van der Waals surface area contributed by atoms with Gasteiger partial charge in [0, 0.05) is 0 Å². The fourth-order valence-electron chi connectivity index (χ4n) is 7.49. The Morgan fingerprint density at radius 3 is 2.48 bits per heavy atom. The minimum Gasteiger partial charge on any atom is -0.0839 e. The lowest BCUT2D eigenvalue weighted by Crippen LogP contribution is -2.50. The normalized spacial score (nSPS) is 51.6. The summed E-state index contributed by atoms with van der Waals surface area (Å²) in [6.07, 6.45) is 16.0. The average Bonchev–Trinajstić information content (AvgIpc) is 2.79. The summed E-state index contributed by atoms with van der Waals surface area (Å²) >= 11 is 0. The zero-order valence-corrected chi connectivity index (χ0v) is 14.7. The monoisotopic (exact) mass is 286 g/mol. The van der Waals surface area contributed by atoms with E-state index < -0.39 is 0 Å². The lowest BCUT2D eigenvalue weighted by molar-refractivity contribution is -0.0362. The largest absolute Gasteiger partial charge is 0.0839 e. The van der Waals surface area contributed by atoms with E-state index >= 15 is 0 Å². The molecule has 118 valence electrons. The van der Waals surface area contributed by atoms with E-state index in [0.717, 1.165) is 17.8 Å². The lowest BCUT2D eigenvalue weighted by atomic mass is 9.45. The van der Waals surface area contributed by atoms with Crippen LogP contribution in [0.2, 0.25) is 0 Å². The maximum atomic E-state index is 2.73. The molecule has 4 aliphatic rings. The number of allylic oxidation sites excluding steroid dienone is 2. The van der Waals surface area contributed by atoms with Crippen molar-refractivity contribution in [3.05, 3.63) is 11.6 Å². The van der Waals surface area contributed by atoms with Crippen LogP contribution in [0.5, 0.6) is 0 Å². The van der Waals surface area contributed by atoms with Crippen molar-refractivity contribution in [3.8, 4) is 0 Å². The molecule has 5 atom stereocenters. The quantitative estimate of drug-likeness (QED) is 0.454. The van der Waals surface area contributed by atoms with E-state index in [-0.39, 0.29) is 0 Å². The molecule has 0 nitrogen and oxygen atoms in total. The summed E-state index contributed by atoms with van der Waals surface area (Å²) < 4.78 is 0. The molecule has 0 aromatic carbocycles. The smallest absolute Gasteiger partial charge is 0.00799 e. The number of fused-ring (bicyclic) bond motifs is 5. The molecule has 21 heavy (non-hydrogen) atoms. The number of rotatable bonds is 0. The van der Waals surface area contributed by atoms with Gasteiger partial charge in [0.2, 0.25) is 0 Å². The van der Waals surface area contributed by atoms with Crippen molar-refractivity contribution in [2.24, 2.45) is 34.0 Å². The second kappa shape index (κ2) is 4.39. The Hall–Kier alpha value is -0.260. The lowest BCUT2D eigenvalue weighted by Gasteiger charge is -2.59. The van der Waals surface area contributed by atoms with Crippen LogP contribution in [0.15, 0.2) is 11.6 Å². The maximum absolute atomic E-state index is 2.73. The van der Waals surface area contributed by atoms with Crippen LogP contribution in [0.1, 0.15) is 85.5 Å². The van der Waals surface area contributed by atoms with Gasteiger partial charge < -0.3 is 0 Å². The third-order valence-corrected chi connectivity index (χ3v) is 8.47. The van der Waals surface area contributed by atoms with E-state index in [1.165, 1.54) is 57.8 Å². The summed E-state index contributed by atoms with van der Waals surface area (Å²) in [5.41, 5.74) is 3.56. The Kier molecular flexibility index (Phi) is 3.00. The fraction of sp³-hybridized carbons (Fsp3) is 0.905. The Morgan fingerprint density at radius 2 is 1.67 bits per heavy atom. The van der Waals surface area contributed by atoms with E-state index in [9.17, 15) is 0 Å². The first-order valence-electron chi connectivity index (χ1n) is 9.58. The van der Waals surface area contributed by atoms with Crippen LogP contribution in [0.4, 0.5) is 0 Å². The standard InChI is InChI=1S/C21H34/c1-19(2)11-6-13-21(4)17-10-14-20(3)12-5-7-16(20)15(17)8-9-18(19)21/h9,15-17H,5-8,10-14H2,1-4H3/t15-,16-,17+,20-,21+/m0/s1. The zero-order valence-electron chi connectivity index (χ0n) is 14.7. The molecule has 0 heterocycles. The van der Waals surface area contributed by atoms with Crippen LogP contribution >= 0.6 is 0 Å². The highest BCUT2D eigenvalue weighted by Crippen LogP contribution is 2.66. The highest BCUT2D eigenvalue weighted by atomic mass is 14.6. The van der Waals surface area contributed by atoms with Crippen molar-refractivity contribution in [1.82, 2.24) is 0 Å².